The molecule has 0 aliphatic carbocycles. The lowest BCUT2D eigenvalue weighted by atomic mass is 10.2. The summed E-state index contributed by atoms with van der Waals surface area (Å²) in [5.41, 5.74) is 4.92. The van der Waals surface area contributed by atoms with Gasteiger partial charge in [0.05, 0.1) is 33.6 Å². The van der Waals surface area contributed by atoms with Crippen LogP contribution in [0.1, 0.15) is 18.1 Å². The molecule has 0 aliphatic heterocycles. The quantitative estimate of drug-likeness (QED) is 0.396. The third kappa shape index (κ3) is 5.86. The van der Waals surface area contributed by atoms with Crippen molar-refractivity contribution < 1.29 is 18.9 Å². The van der Waals surface area contributed by atoms with Crippen molar-refractivity contribution in [3.05, 3.63) is 47.5 Å². The normalized spacial score (nSPS) is 10.3. The molecular weight excluding hydrogens is 344 g/mol. The van der Waals surface area contributed by atoms with Crippen LogP contribution in [0.25, 0.3) is 0 Å². The number of hydrazone groups is 1. The zero-order valence-corrected chi connectivity index (χ0v) is 15.8. The number of hydrogen-bond acceptors (Lipinski definition) is 6. The van der Waals surface area contributed by atoms with Crippen molar-refractivity contribution in [1.29, 1.82) is 0 Å². The van der Waals surface area contributed by atoms with Gasteiger partial charge < -0.3 is 24.4 Å². The van der Waals surface area contributed by atoms with Gasteiger partial charge in [0, 0.05) is 0 Å². The SMILES string of the molecule is C#CCOc1ccc(/C=N\NCc2ccc(OC)c(OC)c2)cc1OCC. The predicted octanol–water partition coefficient (Wildman–Crippen LogP) is 3.24. The Morgan fingerprint density at radius 1 is 1.00 bits per heavy atom. The van der Waals surface area contributed by atoms with E-state index in [1.807, 2.05) is 43.3 Å². The first kappa shape index (κ1) is 20.0. The Balaban J connectivity index is 1.99. The van der Waals surface area contributed by atoms with Gasteiger partial charge in [0.25, 0.3) is 0 Å². The number of terminal acetylenes is 1. The molecule has 6 heteroatoms. The van der Waals surface area contributed by atoms with Crippen LogP contribution in [-0.4, -0.2) is 33.6 Å². The minimum Gasteiger partial charge on any atom is -0.493 e. The summed E-state index contributed by atoms with van der Waals surface area (Å²) in [5.74, 6) is 5.07. The van der Waals surface area contributed by atoms with E-state index in [9.17, 15) is 0 Å². The average molecular weight is 368 g/mol. The zero-order valence-electron chi connectivity index (χ0n) is 15.8. The molecule has 0 saturated heterocycles. The molecule has 0 aliphatic rings. The van der Waals surface area contributed by atoms with Gasteiger partial charge >= 0.3 is 0 Å². The number of rotatable bonds is 10. The van der Waals surface area contributed by atoms with Gasteiger partial charge in [-0.05, 0) is 48.4 Å². The third-order valence-corrected chi connectivity index (χ3v) is 3.61. The van der Waals surface area contributed by atoms with E-state index in [-0.39, 0.29) is 6.61 Å². The molecule has 0 saturated carbocycles. The third-order valence-electron chi connectivity index (χ3n) is 3.61. The number of ether oxygens (including phenoxy) is 4. The Morgan fingerprint density at radius 3 is 2.48 bits per heavy atom. The highest BCUT2D eigenvalue weighted by Gasteiger charge is 2.06. The molecule has 0 heterocycles. The highest BCUT2D eigenvalue weighted by atomic mass is 16.5. The number of nitrogens with zero attached hydrogens (tertiary/aromatic N) is 1. The molecule has 0 spiro atoms. The summed E-state index contributed by atoms with van der Waals surface area (Å²) >= 11 is 0. The Bertz CT molecular complexity index is 812. The van der Waals surface area contributed by atoms with Gasteiger partial charge in [-0.3, -0.25) is 0 Å². The monoisotopic (exact) mass is 368 g/mol. The van der Waals surface area contributed by atoms with Crippen molar-refractivity contribution in [3.63, 3.8) is 0 Å². The molecule has 0 atom stereocenters. The lowest BCUT2D eigenvalue weighted by molar-refractivity contribution is 0.299. The maximum atomic E-state index is 5.60. The first-order chi connectivity index (χ1) is 13.2. The van der Waals surface area contributed by atoms with Gasteiger partial charge in [-0.1, -0.05) is 12.0 Å². The molecule has 2 aromatic carbocycles. The zero-order chi connectivity index (χ0) is 19.5. The second-order valence-electron chi connectivity index (χ2n) is 5.41. The summed E-state index contributed by atoms with van der Waals surface area (Å²) in [6, 6.07) is 11.3. The molecular formula is C21H24N2O4. The molecule has 0 aromatic heterocycles. The molecule has 1 N–H and O–H groups in total. The van der Waals surface area contributed by atoms with Crippen LogP contribution in [0.5, 0.6) is 23.0 Å². The molecule has 0 unspecified atom stereocenters. The van der Waals surface area contributed by atoms with Crippen LogP contribution in [0, 0.1) is 12.3 Å². The fourth-order valence-electron chi connectivity index (χ4n) is 2.36. The van der Waals surface area contributed by atoms with E-state index in [4.69, 9.17) is 25.4 Å². The first-order valence-corrected chi connectivity index (χ1v) is 8.51. The molecule has 0 fully saturated rings. The summed E-state index contributed by atoms with van der Waals surface area (Å²) < 4.78 is 21.6. The van der Waals surface area contributed by atoms with Gasteiger partial charge in [-0.25, -0.2) is 0 Å². The van der Waals surface area contributed by atoms with Crippen LogP contribution in [0.3, 0.4) is 0 Å². The van der Waals surface area contributed by atoms with Crippen molar-refractivity contribution in [2.75, 3.05) is 27.4 Å². The highest BCUT2D eigenvalue weighted by Crippen LogP contribution is 2.28. The molecule has 27 heavy (non-hydrogen) atoms. The summed E-state index contributed by atoms with van der Waals surface area (Å²) in [4.78, 5) is 0. The molecule has 0 radical (unpaired) electrons. The average Bonchev–Trinajstić information content (AvgIpc) is 2.70. The van der Waals surface area contributed by atoms with E-state index in [2.05, 4.69) is 16.4 Å². The van der Waals surface area contributed by atoms with E-state index < -0.39 is 0 Å². The first-order valence-electron chi connectivity index (χ1n) is 8.51. The summed E-state index contributed by atoms with van der Waals surface area (Å²) in [6.07, 6.45) is 6.95. The molecule has 0 bridgehead atoms. The minimum atomic E-state index is 0.195. The molecule has 0 amide bonds. The van der Waals surface area contributed by atoms with Crippen LogP contribution in [-0.2, 0) is 6.54 Å². The van der Waals surface area contributed by atoms with Gasteiger partial charge in [0.2, 0.25) is 0 Å². The molecule has 6 nitrogen and oxygen atoms in total. The van der Waals surface area contributed by atoms with Crippen LogP contribution in [0.4, 0.5) is 0 Å². The topological polar surface area (TPSA) is 61.3 Å². The van der Waals surface area contributed by atoms with Crippen molar-refractivity contribution in [1.82, 2.24) is 5.43 Å². The van der Waals surface area contributed by atoms with Gasteiger partial charge in [-0.2, -0.15) is 5.10 Å². The summed E-state index contributed by atoms with van der Waals surface area (Å²) in [6.45, 7) is 3.19. The van der Waals surface area contributed by atoms with Crippen LogP contribution >= 0.6 is 0 Å². The van der Waals surface area contributed by atoms with Crippen molar-refractivity contribution in [3.8, 4) is 35.3 Å². The van der Waals surface area contributed by atoms with Crippen LogP contribution in [0.2, 0.25) is 0 Å². The van der Waals surface area contributed by atoms with Crippen molar-refractivity contribution in [2.45, 2.75) is 13.5 Å². The standard InChI is InChI=1S/C21H24N2O4/c1-5-11-27-19-10-8-17(13-21(19)26-6-2)15-23-22-14-16-7-9-18(24-3)20(12-16)25-4/h1,7-10,12-13,15,22H,6,11,14H2,2-4H3/b23-15-. The lowest BCUT2D eigenvalue weighted by Gasteiger charge is -2.11. The van der Waals surface area contributed by atoms with E-state index in [1.54, 1.807) is 20.4 Å². The van der Waals surface area contributed by atoms with Crippen molar-refractivity contribution >= 4 is 6.21 Å². The van der Waals surface area contributed by atoms with Gasteiger partial charge in [0.15, 0.2) is 23.0 Å². The van der Waals surface area contributed by atoms with E-state index in [0.29, 0.717) is 36.1 Å². The lowest BCUT2D eigenvalue weighted by Crippen LogP contribution is -2.06. The van der Waals surface area contributed by atoms with Crippen molar-refractivity contribution in [2.24, 2.45) is 5.10 Å². The smallest absolute Gasteiger partial charge is 0.162 e. The molecule has 142 valence electrons. The van der Waals surface area contributed by atoms with Gasteiger partial charge in [0.1, 0.15) is 6.61 Å². The molecule has 2 aromatic rings. The van der Waals surface area contributed by atoms with Crippen LogP contribution in [0.15, 0.2) is 41.5 Å². The Morgan fingerprint density at radius 2 is 1.78 bits per heavy atom. The summed E-state index contributed by atoms with van der Waals surface area (Å²) in [7, 11) is 3.22. The Kier molecular flexibility index (Phi) is 7.86. The van der Waals surface area contributed by atoms with E-state index >= 15 is 0 Å². The number of hydrogen-bond donors (Lipinski definition) is 1. The summed E-state index contributed by atoms with van der Waals surface area (Å²) in [5, 5.41) is 4.25. The predicted molar refractivity (Wildman–Crippen MR) is 106 cm³/mol. The van der Waals surface area contributed by atoms with Crippen LogP contribution < -0.4 is 24.4 Å². The molecule has 2 rings (SSSR count). The van der Waals surface area contributed by atoms with Gasteiger partial charge in [-0.15, -0.1) is 6.42 Å². The highest BCUT2D eigenvalue weighted by molar-refractivity contribution is 5.80. The van der Waals surface area contributed by atoms with E-state index in [1.165, 1.54) is 0 Å². The minimum absolute atomic E-state index is 0.195. The largest absolute Gasteiger partial charge is 0.493 e. The number of methoxy groups -OCH3 is 2. The fourth-order valence-corrected chi connectivity index (χ4v) is 2.36. The Labute approximate surface area is 160 Å². The fraction of sp³-hybridized carbons (Fsp3) is 0.286. The number of nitrogens with one attached hydrogen (secondary N) is 1. The maximum absolute atomic E-state index is 5.60. The Hall–Kier alpha value is -3.33. The second-order valence-corrected chi connectivity index (χ2v) is 5.41. The maximum Gasteiger partial charge on any atom is 0.162 e. The van der Waals surface area contributed by atoms with E-state index in [0.717, 1.165) is 11.1 Å². The number of benzene rings is 2. The second kappa shape index (κ2) is 10.6.